The molecule has 0 aliphatic rings. The molecule has 1 aromatic heterocycles. The van der Waals surface area contributed by atoms with Crippen LogP contribution in [0.3, 0.4) is 0 Å². The number of aromatic nitrogens is 1. The van der Waals surface area contributed by atoms with Crippen LogP contribution in [0.2, 0.25) is 0 Å². The molecule has 0 radical (unpaired) electrons. The highest BCUT2D eigenvalue weighted by Gasteiger charge is 2.11. The third-order valence-electron chi connectivity index (χ3n) is 3.20. The first-order valence-electron chi connectivity index (χ1n) is 7.13. The second kappa shape index (κ2) is 7.68. The fraction of sp³-hybridized carbons (Fsp3) is 0.333. The van der Waals surface area contributed by atoms with Crippen LogP contribution in [0.15, 0.2) is 30.5 Å². The number of thiazole rings is 1. The van der Waals surface area contributed by atoms with E-state index in [0.717, 1.165) is 9.88 Å². The fourth-order valence-electron chi connectivity index (χ4n) is 1.96. The average Bonchev–Trinajstić information content (AvgIpc) is 2.97. The van der Waals surface area contributed by atoms with E-state index in [1.807, 2.05) is 20.0 Å². The number of benzene rings is 1. The number of nitro benzene ring substituents is 1. The summed E-state index contributed by atoms with van der Waals surface area (Å²) >= 11 is 1.62. The van der Waals surface area contributed by atoms with Crippen LogP contribution >= 0.6 is 11.3 Å². The molecule has 0 spiro atoms. The third-order valence-corrected chi connectivity index (χ3v) is 4.35. The predicted octanol–water partition coefficient (Wildman–Crippen LogP) is 2.96. The molecule has 2 amide bonds. The van der Waals surface area contributed by atoms with Crippen LogP contribution in [0.25, 0.3) is 0 Å². The summed E-state index contributed by atoms with van der Waals surface area (Å²) < 4.78 is 0. The summed E-state index contributed by atoms with van der Waals surface area (Å²) in [6.45, 7) is 4.71. The minimum Gasteiger partial charge on any atom is -0.337 e. The lowest BCUT2D eigenvalue weighted by atomic mass is 10.2. The lowest BCUT2D eigenvalue weighted by molar-refractivity contribution is -0.384. The molecule has 0 saturated carbocycles. The molecule has 122 valence electrons. The lowest BCUT2D eigenvalue weighted by Crippen LogP contribution is -2.37. The number of nitrogens with zero attached hydrogens (tertiary/aromatic N) is 2. The molecule has 2 N–H and O–H groups in total. The summed E-state index contributed by atoms with van der Waals surface area (Å²) in [5, 5.41) is 17.2. The second-order valence-corrected chi connectivity index (χ2v) is 6.47. The van der Waals surface area contributed by atoms with Crippen LogP contribution in [0.4, 0.5) is 10.5 Å². The molecular weight excluding hydrogens is 316 g/mol. The van der Waals surface area contributed by atoms with Crippen molar-refractivity contribution in [2.75, 3.05) is 6.54 Å². The van der Waals surface area contributed by atoms with E-state index in [0.29, 0.717) is 12.1 Å². The Morgan fingerprint density at radius 2 is 2.22 bits per heavy atom. The first-order valence-corrected chi connectivity index (χ1v) is 7.94. The maximum atomic E-state index is 11.8. The number of hydrogen-bond acceptors (Lipinski definition) is 5. The minimum absolute atomic E-state index is 0.0115. The van der Waals surface area contributed by atoms with Gasteiger partial charge in [0.1, 0.15) is 0 Å². The van der Waals surface area contributed by atoms with Crippen LogP contribution in [-0.2, 0) is 6.54 Å². The zero-order valence-electron chi connectivity index (χ0n) is 12.9. The SMILES string of the molecule is Cc1cnc(C(C)CNC(=O)NCc2cccc([N+](=O)[O-])c2)s1. The van der Waals surface area contributed by atoms with Crippen molar-refractivity contribution in [3.8, 4) is 0 Å². The third kappa shape index (κ3) is 5.03. The number of amides is 2. The van der Waals surface area contributed by atoms with Crippen molar-refractivity contribution in [1.29, 1.82) is 0 Å². The van der Waals surface area contributed by atoms with Crippen LogP contribution in [-0.4, -0.2) is 22.5 Å². The topological polar surface area (TPSA) is 97.2 Å². The van der Waals surface area contributed by atoms with E-state index in [1.54, 1.807) is 23.5 Å². The minimum atomic E-state index is -0.457. The maximum absolute atomic E-state index is 11.8. The van der Waals surface area contributed by atoms with Crippen LogP contribution in [0, 0.1) is 17.0 Å². The molecule has 2 aromatic rings. The van der Waals surface area contributed by atoms with Gasteiger partial charge in [-0.15, -0.1) is 11.3 Å². The number of carbonyl (C=O) groups is 1. The summed E-state index contributed by atoms with van der Waals surface area (Å²) in [6, 6.07) is 5.88. The number of aryl methyl sites for hydroxylation is 1. The highest BCUT2D eigenvalue weighted by atomic mass is 32.1. The molecule has 0 saturated heterocycles. The van der Waals surface area contributed by atoms with E-state index in [-0.39, 0.29) is 24.2 Å². The van der Waals surface area contributed by atoms with Gasteiger partial charge in [0, 0.05) is 42.2 Å². The molecule has 23 heavy (non-hydrogen) atoms. The smallest absolute Gasteiger partial charge is 0.315 e. The molecule has 0 bridgehead atoms. The van der Waals surface area contributed by atoms with Crippen molar-refractivity contribution in [3.63, 3.8) is 0 Å². The van der Waals surface area contributed by atoms with Crippen molar-refractivity contribution in [2.24, 2.45) is 0 Å². The van der Waals surface area contributed by atoms with E-state index in [4.69, 9.17) is 0 Å². The molecule has 8 heteroatoms. The number of carbonyl (C=O) groups excluding carboxylic acids is 1. The first-order chi connectivity index (χ1) is 11.0. The Morgan fingerprint density at radius 1 is 1.43 bits per heavy atom. The van der Waals surface area contributed by atoms with Gasteiger partial charge in [0.25, 0.3) is 5.69 Å². The monoisotopic (exact) mass is 334 g/mol. The summed E-state index contributed by atoms with van der Waals surface area (Å²) in [4.78, 5) is 27.5. The molecule has 1 atom stereocenters. The van der Waals surface area contributed by atoms with Crippen molar-refractivity contribution >= 4 is 23.1 Å². The highest BCUT2D eigenvalue weighted by molar-refractivity contribution is 7.11. The standard InChI is InChI=1S/C15H18N4O3S/c1-10(14-16-8-11(2)23-14)7-17-15(20)18-9-12-4-3-5-13(6-12)19(21)22/h3-6,8,10H,7,9H2,1-2H3,(H2,17,18,20). The van der Waals surface area contributed by atoms with Gasteiger partial charge in [0.05, 0.1) is 9.93 Å². The summed E-state index contributed by atoms with van der Waals surface area (Å²) in [6.07, 6.45) is 1.82. The van der Waals surface area contributed by atoms with Crippen LogP contribution in [0.1, 0.15) is 28.3 Å². The van der Waals surface area contributed by atoms with E-state index in [9.17, 15) is 14.9 Å². The van der Waals surface area contributed by atoms with Gasteiger partial charge in [-0.2, -0.15) is 0 Å². The summed E-state index contributed by atoms with van der Waals surface area (Å²) in [5.41, 5.74) is 0.690. The van der Waals surface area contributed by atoms with Crippen molar-refractivity contribution in [2.45, 2.75) is 26.3 Å². The van der Waals surface area contributed by atoms with Gasteiger partial charge in [0.15, 0.2) is 0 Å². The van der Waals surface area contributed by atoms with E-state index in [2.05, 4.69) is 15.6 Å². The van der Waals surface area contributed by atoms with Gasteiger partial charge in [-0.3, -0.25) is 10.1 Å². The number of hydrogen-bond donors (Lipinski definition) is 2. The number of nitrogens with one attached hydrogen (secondary N) is 2. The zero-order valence-corrected chi connectivity index (χ0v) is 13.7. The average molecular weight is 334 g/mol. The van der Waals surface area contributed by atoms with Crippen molar-refractivity contribution in [1.82, 2.24) is 15.6 Å². The molecule has 0 aliphatic heterocycles. The molecule has 1 heterocycles. The van der Waals surface area contributed by atoms with E-state index in [1.165, 1.54) is 12.1 Å². The lowest BCUT2D eigenvalue weighted by Gasteiger charge is -2.11. The largest absolute Gasteiger partial charge is 0.337 e. The number of non-ortho nitro benzene ring substituents is 1. The Balaban J connectivity index is 1.79. The Morgan fingerprint density at radius 3 is 2.87 bits per heavy atom. The molecule has 0 fully saturated rings. The highest BCUT2D eigenvalue weighted by Crippen LogP contribution is 2.20. The predicted molar refractivity (Wildman–Crippen MR) is 88.6 cm³/mol. The molecule has 0 aliphatic carbocycles. The second-order valence-electron chi connectivity index (χ2n) is 5.20. The number of rotatable bonds is 6. The van der Waals surface area contributed by atoms with Gasteiger partial charge in [-0.25, -0.2) is 9.78 Å². The van der Waals surface area contributed by atoms with Gasteiger partial charge in [0.2, 0.25) is 0 Å². The van der Waals surface area contributed by atoms with Crippen molar-refractivity contribution < 1.29 is 9.72 Å². The van der Waals surface area contributed by atoms with Gasteiger partial charge < -0.3 is 10.6 Å². The Kier molecular flexibility index (Phi) is 5.64. The quantitative estimate of drug-likeness (QED) is 0.627. The Hall–Kier alpha value is -2.48. The van der Waals surface area contributed by atoms with E-state index >= 15 is 0 Å². The maximum Gasteiger partial charge on any atom is 0.315 e. The summed E-state index contributed by atoms with van der Waals surface area (Å²) in [7, 11) is 0. The molecular formula is C15H18N4O3S. The van der Waals surface area contributed by atoms with Crippen molar-refractivity contribution in [3.05, 3.63) is 56.0 Å². The molecule has 2 rings (SSSR count). The fourth-order valence-corrected chi connectivity index (χ4v) is 2.78. The van der Waals surface area contributed by atoms with Crippen LogP contribution in [0.5, 0.6) is 0 Å². The zero-order chi connectivity index (χ0) is 16.8. The van der Waals surface area contributed by atoms with Crippen LogP contribution < -0.4 is 10.6 Å². The summed E-state index contributed by atoms with van der Waals surface area (Å²) in [5.74, 6) is 0.136. The molecule has 7 nitrogen and oxygen atoms in total. The van der Waals surface area contributed by atoms with Gasteiger partial charge in [-0.1, -0.05) is 19.1 Å². The first kappa shape index (κ1) is 16.9. The van der Waals surface area contributed by atoms with Gasteiger partial charge >= 0.3 is 6.03 Å². The Labute approximate surface area is 137 Å². The molecule has 1 aromatic carbocycles. The number of nitro groups is 1. The molecule has 1 unspecified atom stereocenters. The van der Waals surface area contributed by atoms with Gasteiger partial charge in [-0.05, 0) is 12.5 Å². The van der Waals surface area contributed by atoms with E-state index < -0.39 is 4.92 Å². The Bertz CT molecular complexity index is 702. The number of urea groups is 1. The normalized spacial score (nSPS) is 11.7.